The molecular formula is C11H13NO4S. The average molecular weight is 255 g/mol. The normalized spacial score (nSPS) is 17.7. The van der Waals surface area contributed by atoms with Crippen molar-refractivity contribution in [1.82, 2.24) is 4.72 Å². The third-order valence-corrected chi connectivity index (χ3v) is 4.45. The van der Waals surface area contributed by atoms with Crippen molar-refractivity contribution in [3.8, 4) is 0 Å². The number of carboxylic acids is 1. The second-order valence-corrected chi connectivity index (χ2v) is 6.18. The van der Waals surface area contributed by atoms with Crippen LogP contribution < -0.4 is 4.72 Å². The first-order valence-electron chi connectivity index (χ1n) is 5.20. The van der Waals surface area contributed by atoms with Gasteiger partial charge in [-0.2, -0.15) is 0 Å². The van der Waals surface area contributed by atoms with E-state index in [0.717, 1.165) is 12.8 Å². The van der Waals surface area contributed by atoms with Crippen molar-refractivity contribution in [2.24, 2.45) is 0 Å². The summed E-state index contributed by atoms with van der Waals surface area (Å²) in [6, 6.07) is 5.17. The number of hydrogen-bond donors (Lipinski definition) is 2. The Morgan fingerprint density at radius 1 is 1.29 bits per heavy atom. The van der Waals surface area contributed by atoms with Gasteiger partial charge in [0.2, 0.25) is 10.0 Å². The molecule has 0 saturated heterocycles. The minimum absolute atomic E-state index is 0.0709. The van der Waals surface area contributed by atoms with Crippen molar-refractivity contribution in [2.45, 2.75) is 30.2 Å². The predicted molar refractivity (Wildman–Crippen MR) is 61.4 cm³/mol. The maximum Gasteiger partial charge on any atom is 0.335 e. The minimum atomic E-state index is -3.54. The predicted octanol–water partition coefficient (Wildman–Crippen LogP) is 1.22. The Morgan fingerprint density at radius 3 is 2.24 bits per heavy atom. The molecule has 0 aromatic heterocycles. The van der Waals surface area contributed by atoms with Crippen LogP contribution in [0.15, 0.2) is 29.2 Å². The van der Waals surface area contributed by atoms with Crippen molar-refractivity contribution >= 4 is 16.0 Å². The molecule has 1 aromatic carbocycles. The van der Waals surface area contributed by atoms with E-state index in [0.29, 0.717) is 0 Å². The Hall–Kier alpha value is -1.40. The van der Waals surface area contributed by atoms with E-state index in [2.05, 4.69) is 4.72 Å². The summed E-state index contributed by atoms with van der Waals surface area (Å²) in [5, 5.41) is 8.71. The second kappa shape index (κ2) is 3.82. The Kier molecular flexibility index (Phi) is 2.71. The molecule has 2 rings (SSSR count). The molecule has 6 heteroatoms. The topological polar surface area (TPSA) is 83.5 Å². The van der Waals surface area contributed by atoms with Crippen LogP contribution >= 0.6 is 0 Å². The van der Waals surface area contributed by atoms with Crippen LogP contribution in [0.25, 0.3) is 0 Å². The van der Waals surface area contributed by atoms with Crippen LogP contribution in [-0.2, 0) is 10.0 Å². The molecule has 0 aliphatic heterocycles. The molecule has 0 amide bonds. The fourth-order valence-electron chi connectivity index (χ4n) is 1.45. The highest BCUT2D eigenvalue weighted by molar-refractivity contribution is 7.89. The third-order valence-electron chi connectivity index (χ3n) is 2.79. The number of rotatable bonds is 4. The van der Waals surface area contributed by atoms with Gasteiger partial charge < -0.3 is 5.11 Å². The molecule has 2 N–H and O–H groups in total. The Bertz CT molecular complexity index is 543. The summed E-state index contributed by atoms with van der Waals surface area (Å²) in [6.45, 7) is 1.84. The number of carboxylic acid groups (broad SMARTS) is 1. The van der Waals surface area contributed by atoms with Crippen molar-refractivity contribution in [1.29, 1.82) is 0 Å². The summed E-state index contributed by atoms with van der Waals surface area (Å²) >= 11 is 0. The van der Waals surface area contributed by atoms with Crippen LogP contribution in [0.1, 0.15) is 30.1 Å². The number of nitrogens with one attached hydrogen (secondary N) is 1. The molecule has 0 atom stereocenters. The van der Waals surface area contributed by atoms with Gasteiger partial charge in [-0.05, 0) is 44.0 Å². The van der Waals surface area contributed by atoms with E-state index in [9.17, 15) is 13.2 Å². The van der Waals surface area contributed by atoms with Crippen molar-refractivity contribution in [2.75, 3.05) is 0 Å². The highest BCUT2D eigenvalue weighted by atomic mass is 32.2. The van der Waals surface area contributed by atoms with Crippen LogP contribution in [0.3, 0.4) is 0 Å². The van der Waals surface area contributed by atoms with Gasteiger partial charge in [0, 0.05) is 5.54 Å². The number of hydrogen-bond acceptors (Lipinski definition) is 3. The molecule has 0 spiro atoms. The van der Waals surface area contributed by atoms with E-state index in [1.54, 1.807) is 0 Å². The van der Waals surface area contributed by atoms with Crippen molar-refractivity contribution < 1.29 is 18.3 Å². The van der Waals surface area contributed by atoms with Gasteiger partial charge in [0.05, 0.1) is 10.5 Å². The van der Waals surface area contributed by atoms with E-state index >= 15 is 0 Å². The lowest BCUT2D eigenvalue weighted by molar-refractivity contribution is 0.0696. The van der Waals surface area contributed by atoms with Gasteiger partial charge >= 0.3 is 5.97 Å². The average Bonchev–Trinajstić information content (AvgIpc) is 2.95. The van der Waals surface area contributed by atoms with Crippen LogP contribution in [0, 0.1) is 0 Å². The van der Waals surface area contributed by atoms with Crippen LogP contribution in [0.5, 0.6) is 0 Å². The van der Waals surface area contributed by atoms with E-state index in [1.807, 2.05) is 6.92 Å². The molecule has 0 heterocycles. The summed E-state index contributed by atoms with van der Waals surface area (Å²) in [5.74, 6) is -1.07. The number of sulfonamides is 1. The zero-order valence-electron chi connectivity index (χ0n) is 9.30. The van der Waals surface area contributed by atoms with Crippen molar-refractivity contribution in [3.63, 3.8) is 0 Å². The number of benzene rings is 1. The molecule has 0 radical (unpaired) electrons. The summed E-state index contributed by atoms with van der Waals surface area (Å²) in [7, 11) is -3.54. The molecule has 92 valence electrons. The van der Waals surface area contributed by atoms with Crippen LogP contribution in [0.4, 0.5) is 0 Å². The fourth-order valence-corrected chi connectivity index (χ4v) is 2.91. The largest absolute Gasteiger partial charge is 0.478 e. The molecule has 1 aliphatic rings. The highest BCUT2D eigenvalue weighted by Crippen LogP contribution is 2.35. The SMILES string of the molecule is CC1(NS(=O)(=O)c2ccc(C(=O)O)cc2)CC1. The zero-order valence-corrected chi connectivity index (χ0v) is 10.1. The molecule has 1 fully saturated rings. The number of carbonyl (C=O) groups is 1. The van der Waals surface area contributed by atoms with Gasteiger partial charge in [-0.25, -0.2) is 17.9 Å². The molecule has 17 heavy (non-hydrogen) atoms. The van der Waals surface area contributed by atoms with Gasteiger partial charge in [-0.1, -0.05) is 0 Å². The lowest BCUT2D eigenvalue weighted by atomic mass is 10.2. The summed E-state index contributed by atoms with van der Waals surface area (Å²) in [4.78, 5) is 10.7. The highest BCUT2D eigenvalue weighted by Gasteiger charge is 2.41. The van der Waals surface area contributed by atoms with Crippen LogP contribution in [-0.4, -0.2) is 25.0 Å². The molecule has 1 saturated carbocycles. The second-order valence-electron chi connectivity index (χ2n) is 4.50. The first-order chi connectivity index (χ1) is 7.82. The Morgan fingerprint density at radius 2 is 1.82 bits per heavy atom. The molecule has 5 nitrogen and oxygen atoms in total. The molecular weight excluding hydrogens is 242 g/mol. The summed E-state index contributed by atoms with van der Waals surface area (Å²) in [5.41, 5.74) is -0.258. The summed E-state index contributed by atoms with van der Waals surface area (Å²) in [6.07, 6.45) is 1.67. The fraction of sp³-hybridized carbons (Fsp3) is 0.364. The van der Waals surface area contributed by atoms with Gasteiger partial charge in [-0.3, -0.25) is 0 Å². The number of aromatic carboxylic acids is 1. The van der Waals surface area contributed by atoms with Gasteiger partial charge in [-0.15, -0.1) is 0 Å². The quantitative estimate of drug-likeness (QED) is 0.847. The maximum atomic E-state index is 11.9. The molecule has 0 bridgehead atoms. The van der Waals surface area contributed by atoms with Crippen molar-refractivity contribution in [3.05, 3.63) is 29.8 Å². The zero-order chi connectivity index (χ0) is 12.7. The summed E-state index contributed by atoms with van der Waals surface area (Å²) < 4.78 is 26.4. The molecule has 0 unspecified atom stereocenters. The lowest BCUT2D eigenvalue weighted by Gasteiger charge is -2.12. The third kappa shape index (κ3) is 2.65. The van der Waals surface area contributed by atoms with Crippen LogP contribution in [0.2, 0.25) is 0 Å². The smallest absolute Gasteiger partial charge is 0.335 e. The molecule has 1 aromatic rings. The van der Waals surface area contributed by atoms with Gasteiger partial charge in [0.25, 0.3) is 0 Å². The maximum absolute atomic E-state index is 11.9. The first-order valence-corrected chi connectivity index (χ1v) is 6.68. The van der Waals surface area contributed by atoms with E-state index in [1.165, 1.54) is 24.3 Å². The standard InChI is InChI=1S/C11H13NO4S/c1-11(6-7-11)12-17(15,16)9-4-2-8(3-5-9)10(13)14/h2-5,12H,6-7H2,1H3,(H,13,14). The first kappa shape index (κ1) is 12.1. The van der Waals surface area contributed by atoms with Gasteiger partial charge in [0.15, 0.2) is 0 Å². The Balaban J connectivity index is 2.24. The van der Waals surface area contributed by atoms with E-state index in [-0.39, 0.29) is 16.0 Å². The van der Waals surface area contributed by atoms with E-state index < -0.39 is 16.0 Å². The van der Waals surface area contributed by atoms with E-state index in [4.69, 9.17) is 5.11 Å². The minimum Gasteiger partial charge on any atom is -0.478 e. The monoisotopic (exact) mass is 255 g/mol. The lowest BCUT2D eigenvalue weighted by Crippen LogP contribution is -2.34. The molecule has 1 aliphatic carbocycles. The Labute approximate surface area is 99.5 Å². The van der Waals surface area contributed by atoms with Gasteiger partial charge in [0.1, 0.15) is 0 Å².